The summed E-state index contributed by atoms with van der Waals surface area (Å²) in [5, 5.41) is 13.9. The van der Waals surface area contributed by atoms with E-state index in [2.05, 4.69) is 5.32 Å². The largest absolute Gasteiger partial charge is 0.354 e. The maximum absolute atomic E-state index is 12.5. The number of nitro benzene ring substituents is 1. The van der Waals surface area contributed by atoms with E-state index >= 15 is 0 Å². The topological polar surface area (TPSA) is 92.6 Å². The molecule has 1 rings (SSSR count). The summed E-state index contributed by atoms with van der Waals surface area (Å²) in [7, 11) is 1.68. The molecule has 0 aromatic heterocycles. The van der Waals surface area contributed by atoms with Crippen molar-refractivity contribution in [3.05, 3.63) is 39.9 Å². The fourth-order valence-corrected chi connectivity index (χ4v) is 2.39. The highest BCUT2D eigenvalue weighted by molar-refractivity contribution is 5.88. The number of likely N-dealkylation sites (N-methyl/N-ethyl adjacent to an activating group) is 1. The molecule has 2 amide bonds. The Bertz CT molecular complexity index is 626. The molecule has 0 saturated carbocycles. The van der Waals surface area contributed by atoms with Crippen molar-refractivity contribution >= 4 is 17.5 Å². The number of hydrogen-bond acceptors (Lipinski definition) is 4. The number of benzene rings is 1. The highest BCUT2D eigenvalue weighted by atomic mass is 16.6. The minimum absolute atomic E-state index is 0.00204. The van der Waals surface area contributed by atoms with Gasteiger partial charge in [-0.15, -0.1) is 0 Å². The SMILES string of the molecule is CC(C)C(=O)N(C)CCNC(=O)C(C)(C)c1ccccc1[N+](=O)[O-]. The maximum Gasteiger partial charge on any atom is 0.273 e. The zero-order chi connectivity index (χ0) is 18.5. The minimum Gasteiger partial charge on any atom is -0.354 e. The summed E-state index contributed by atoms with van der Waals surface area (Å²) in [6.45, 7) is 7.60. The lowest BCUT2D eigenvalue weighted by Gasteiger charge is -2.25. The fraction of sp³-hybridized carbons (Fsp3) is 0.529. The molecule has 0 spiro atoms. The van der Waals surface area contributed by atoms with E-state index in [9.17, 15) is 19.7 Å². The average molecular weight is 335 g/mol. The fourth-order valence-electron chi connectivity index (χ4n) is 2.39. The summed E-state index contributed by atoms with van der Waals surface area (Å²) in [5.41, 5.74) is -0.770. The molecule has 0 radical (unpaired) electrons. The minimum atomic E-state index is -1.05. The Morgan fingerprint density at radius 2 is 1.88 bits per heavy atom. The molecule has 1 N–H and O–H groups in total. The van der Waals surface area contributed by atoms with Gasteiger partial charge < -0.3 is 10.2 Å². The van der Waals surface area contributed by atoms with Crippen LogP contribution in [0.4, 0.5) is 5.69 Å². The smallest absolute Gasteiger partial charge is 0.273 e. The van der Waals surface area contributed by atoms with Crippen LogP contribution in [0.25, 0.3) is 0 Å². The van der Waals surface area contributed by atoms with Crippen LogP contribution in [0.15, 0.2) is 24.3 Å². The van der Waals surface area contributed by atoms with E-state index in [4.69, 9.17) is 0 Å². The lowest BCUT2D eigenvalue weighted by atomic mass is 9.82. The van der Waals surface area contributed by atoms with Crippen molar-refractivity contribution in [3.8, 4) is 0 Å². The second kappa shape index (κ2) is 7.90. The molecule has 0 atom stereocenters. The highest BCUT2D eigenvalue weighted by Crippen LogP contribution is 2.31. The molecule has 0 aliphatic rings. The number of carbonyl (C=O) groups excluding carboxylic acids is 2. The van der Waals surface area contributed by atoms with Crippen molar-refractivity contribution in [1.29, 1.82) is 0 Å². The van der Waals surface area contributed by atoms with Crippen LogP contribution in [0.1, 0.15) is 33.3 Å². The Kier molecular flexibility index (Phi) is 6.45. The van der Waals surface area contributed by atoms with Gasteiger partial charge in [0.1, 0.15) is 0 Å². The van der Waals surface area contributed by atoms with Gasteiger partial charge in [-0.2, -0.15) is 0 Å². The summed E-state index contributed by atoms with van der Waals surface area (Å²) in [6, 6.07) is 6.22. The molecule has 0 aliphatic carbocycles. The average Bonchev–Trinajstić information content (AvgIpc) is 2.53. The first kappa shape index (κ1) is 19.6. The Hall–Kier alpha value is -2.44. The summed E-state index contributed by atoms with van der Waals surface area (Å²) in [6.07, 6.45) is 0. The van der Waals surface area contributed by atoms with E-state index in [0.717, 1.165) is 0 Å². The van der Waals surface area contributed by atoms with Crippen LogP contribution < -0.4 is 5.32 Å². The number of nitrogens with zero attached hydrogens (tertiary/aromatic N) is 2. The number of hydrogen-bond donors (Lipinski definition) is 1. The van der Waals surface area contributed by atoms with Crippen molar-refractivity contribution in [2.45, 2.75) is 33.1 Å². The second-order valence-corrected chi connectivity index (χ2v) is 6.57. The molecule has 0 bridgehead atoms. The van der Waals surface area contributed by atoms with Crippen LogP contribution in [0.5, 0.6) is 0 Å². The number of carbonyl (C=O) groups is 2. The molecular weight excluding hydrogens is 310 g/mol. The molecule has 0 fully saturated rings. The molecule has 0 heterocycles. The molecule has 0 aliphatic heterocycles. The molecule has 1 aromatic carbocycles. The summed E-state index contributed by atoms with van der Waals surface area (Å²) < 4.78 is 0. The predicted octanol–water partition coefficient (Wildman–Crippen LogP) is 2.10. The van der Waals surface area contributed by atoms with Crippen LogP contribution >= 0.6 is 0 Å². The van der Waals surface area contributed by atoms with Gasteiger partial charge in [0.2, 0.25) is 11.8 Å². The van der Waals surface area contributed by atoms with E-state index in [1.807, 2.05) is 13.8 Å². The number of amides is 2. The van der Waals surface area contributed by atoms with Crippen LogP contribution in [0.3, 0.4) is 0 Å². The van der Waals surface area contributed by atoms with Gasteiger partial charge in [0.25, 0.3) is 5.69 Å². The molecule has 0 saturated heterocycles. The Balaban J connectivity index is 2.77. The number of para-hydroxylation sites is 1. The van der Waals surface area contributed by atoms with Crippen molar-refractivity contribution in [1.82, 2.24) is 10.2 Å². The lowest BCUT2D eigenvalue weighted by molar-refractivity contribution is -0.385. The van der Waals surface area contributed by atoms with Gasteiger partial charge in [-0.25, -0.2) is 0 Å². The summed E-state index contributed by atoms with van der Waals surface area (Å²) in [5.74, 6) is -0.418. The predicted molar refractivity (Wildman–Crippen MR) is 91.6 cm³/mol. The third kappa shape index (κ3) is 4.53. The monoisotopic (exact) mass is 335 g/mol. The standard InChI is InChI=1S/C17H25N3O4/c1-12(2)15(21)19(5)11-10-18-16(22)17(3,4)13-8-6-7-9-14(13)20(23)24/h6-9,12H,10-11H2,1-5H3,(H,18,22). The summed E-state index contributed by atoms with van der Waals surface area (Å²) >= 11 is 0. The van der Waals surface area contributed by atoms with Crippen LogP contribution in [-0.2, 0) is 15.0 Å². The quantitative estimate of drug-likeness (QED) is 0.610. The van der Waals surface area contributed by atoms with E-state index in [1.54, 1.807) is 44.0 Å². The van der Waals surface area contributed by atoms with Gasteiger partial charge in [0, 0.05) is 37.7 Å². The van der Waals surface area contributed by atoms with E-state index in [1.165, 1.54) is 6.07 Å². The molecule has 7 nitrogen and oxygen atoms in total. The van der Waals surface area contributed by atoms with Gasteiger partial charge in [-0.05, 0) is 13.8 Å². The van der Waals surface area contributed by atoms with Crippen molar-refractivity contribution in [2.75, 3.05) is 20.1 Å². The van der Waals surface area contributed by atoms with Gasteiger partial charge in [0.15, 0.2) is 0 Å². The first-order valence-electron chi connectivity index (χ1n) is 7.86. The van der Waals surface area contributed by atoms with E-state index in [-0.39, 0.29) is 30.0 Å². The van der Waals surface area contributed by atoms with Gasteiger partial charge >= 0.3 is 0 Å². The molecule has 24 heavy (non-hydrogen) atoms. The van der Waals surface area contributed by atoms with Gasteiger partial charge in [-0.3, -0.25) is 19.7 Å². The van der Waals surface area contributed by atoms with Crippen molar-refractivity contribution in [2.24, 2.45) is 5.92 Å². The second-order valence-electron chi connectivity index (χ2n) is 6.57. The van der Waals surface area contributed by atoms with Gasteiger partial charge in [-0.1, -0.05) is 32.0 Å². The lowest BCUT2D eigenvalue weighted by Crippen LogP contribution is -2.44. The van der Waals surface area contributed by atoms with Crippen molar-refractivity contribution in [3.63, 3.8) is 0 Å². The first-order chi connectivity index (χ1) is 11.1. The Morgan fingerprint density at radius 3 is 2.42 bits per heavy atom. The number of rotatable bonds is 7. The normalized spacial score (nSPS) is 11.2. The Morgan fingerprint density at radius 1 is 1.29 bits per heavy atom. The third-order valence-electron chi connectivity index (χ3n) is 3.94. The molecule has 7 heteroatoms. The van der Waals surface area contributed by atoms with E-state index < -0.39 is 10.3 Å². The Labute approximate surface area is 142 Å². The van der Waals surface area contributed by atoms with Crippen molar-refractivity contribution < 1.29 is 14.5 Å². The zero-order valence-corrected chi connectivity index (χ0v) is 14.8. The number of nitrogens with one attached hydrogen (secondary N) is 1. The van der Waals surface area contributed by atoms with Gasteiger partial charge in [0.05, 0.1) is 10.3 Å². The zero-order valence-electron chi connectivity index (χ0n) is 14.8. The van der Waals surface area contributed by atoms with E-state index in [0.29, 0.717) is 12.1 Å². The maximum atomic E-state index is 12.5. The number of nitro groups is 1. The summed E-state index contributed by atoms with van der Waals surface area (Å²) in [4.78, 5) is 36.5. The van der Waals surface area contributed by atoms with Crippen LogP contribution in [0, 0.1) is 16.0 Å². The molecule has 1 aromatic rings. The molecular formula is C17H25N3O4. The highest BCUT2D eigenvalue weighted by Gasteiger charge is 2.35. The van der Waals surface area contributed by atoms with Crippen LogP contribution in [-0.4, -0.2) is 41.8 Å². The molecule has 132 valence electrons. The third-order valence-corrected chi connectivity index (χ3v) is 3.94. The first-order valence-corrected chi connectivity index (χ1v) is 7.86. The van der Waals surface area contributed by atoms with Crippen LogP contribution in [0.2, 0.25) is 0 Å². The molecule has 0 unspecified atom stereocenters.